The van der Waals surface area contributed by atoms with Crippen molar-refractivity contribution in [2.75, 3.05) is 26.7 Å². The van der Waals surface area contributed by atoms with Gasteiger partial charge in [-0.05, 0) is 0 Å². The molecule has 0 aromatic rings. The van der Waals surface area contributed by atoms with Crippen LogP contribution < -0.4 is 24.8 Å². The van der Waals surface area contributed by atoms with E-state index in [0.29, 0.717) is 0 Å². The van der Waals surface area contributed by atoms with Gasteiger partial charge in [0.1, 0.15) is 0 Å². The van der Waals surface area contributed by atoms with Crippen molar-refractivity contribution in [3.63, 3.8) is 0 Å². The zero-order valence-electron chi connectivity index (χ0n) is 27.1. The SMILES string of the molecule is CC1=CC2(C(C)(C)C34C=C(C)C=C3[PH](C)(C)N(C(C)(C)C)[SiH]4C)C(=C1)[PH](C)(C)N(C(C)(C)C)[SiH]2C.[Cl-].[Cl-].[Zr+2]. The monoisotopic (exact) mass is 710 g/mol. The van der Waals surface area contributed by atoms with Crippen LogP contribution >= 0.6 is 14.8 Å². The number of halogens is 2. The maximum Gasteiger partial charge on any atom is 2.00 e. The van der Waals surface area contributed by atoms with Crippen molar-refractivity contribution in [3.8, 4) is 0 Å². The van der Waals surface area contributed by atoms with Crippen molar-refractivity contribution in [2.45, 2.75) is 103 Å². The van der Waals surface area contributed by atoms with E-state index in [4.69, 9.17) is 0 Å². The molecule has 218 valence electrons. The Kier molecular flexibility index (Phi) is 10.6. The van der Waals surface area contributed by atoms with Gasteiger partial charge in [0.25, 0.3) is 0 Å². The maximum absolute atomic E-state index is 3.12. The van der Waals surface area contributed by atoms with Gasteiger partial charge in [-0.25, -0.2) is 0 Å². The summed E-state index contributed by atoms with van der Waals surface area (Å²) in [5, 5.41) is 4.12. The third-order valence-electron chi connectivity index (χ3n) is 10.7. The van der Waals surface area contributed by atoms with Crippen LogP contribution in [-0.4, -0.2) is 64.3 Å². The van der Waals surface area contributed by atoms with Crippen molar-refractivity contribution in [3.05, 3.63) is 46.1 Å². The first-order valence-corrected chi connectivity index (χ1v) is 24.3. The van der Waals surface area contributed by atoms with E-state index in [1.165, 1.54) is 11.1 Å². The van der Waals surface area contributed by atoms with Gasteiger partial charge >= 0.3 is 249 Å². The van der Waals surface area contributed by atoms with Crippen molar-refractivity contribution in [1.82, 2.24) is 8.67 Å². The Bertz CT molecular complexity index is 1020. The second-order valence-corrected chi connectivity index (χ2v) is 30.7. The molecular weight excluding hydrogens is 657 g/mol. The van der Waals surface area contributed by atoms with Crippen LogP contribution in [0.2, 0.25) is 23.2 Å². The second kappa shape index (κ2) is 10.7. The largest absolute Gasteiger partial charge is 2.00 e. The zero-order chi connectivity index (χ0) is 26.9. The summed E-state index contributed by atoms with van der Waals surface area (Å²) in [5.41, 5.74) is 3.65. The van der Waals surface area contributed by atoms with E-state index in [2.05, 4.69) is 142 Å². The summed E-state index contributed by atoms with van der Waals surface area (Å²) in [5.74, 6) is 0. The Hall–Kier alpha value is 1.64. The quantitative estimate of drug-likeness (QED) is 0.320. The van der Waals surface area contributed by atoms with Crippen molar-refractivity contribution in [1.29, 1.82) is 0 Å². The molecule has 0 bridgehead atoms. The fraction of sp³-hybridized carbons (Fsp3) is 0.724. The molecule has 0 amide bonds. The summed E-state index contributed by atoms with van der Waals surface area (Å²) in [4.78, 5) is 0. The van der Waals surface area contributed by atoms with Crippen LogP contribution in [0.15, 0.2) is 46.1 Å². The molecule has 0 aromatic heterocycles. The molecule has 0 spiro atoms. The predicted octanol–water partition coefficient (Wildman–Crippen LogP) is 1.97. The Morgan fingerprint density at radius 2 is 0.895 bits per heavy atom. The third-order valence-corrected chi connectivity index (χ3v) is 33.1. The Labute approximate surface area is 272 Å². The maximum atomic E-state index is 3.12. The van der Waals surface area contributed by atoms with Gasteiger partial charge in [-0.3, -0.25) is 0 Å². The van der Waals surface area contributed by atoms with Gasteiger partial charge in [0.05, 0.1) is 0 Å². The van der Waals surface area contributed by atoms with Crippen LogP contribution in [-0.2, 0) is 26.2 Å². The van der Waals surface area contributed by atoms with Gasteiger partial charge in [-0.2, -0.15) is 0 Å². The molecule has 0 radical (unpaired) electrons. The van der Waals surface area contributed by atoms with E-state index in [9.17, 15) is 0 Å². The Morgan fingerprint density at radius 1 is 0.632 bits per heavy atom. The first kappa shape index (κ1) is 37.7. The van der Waals surface area contributed by atoms with Gasteiger partial charge in [0.2, 0.25) is 0 Å². The van der Waals surface area contributed by atoms with Crippen LogP contribution in [0.1, 0.15) is 69.2 Å². The minimum absolute atomic E-state index is 0. The summed E-state index contributed by atoms with van der Waals surface area (Å²) in [6, 6.07) is 0. The first-order chi connectivity index (χ1) is 15.5. The fourth-order valence-electron chi connectivity index (χ4n) is 10.6. The van der Waals surface area contributed by atoms with Gasteiger partial charge < -0.3 is 24.8 Å². The number of rotatable bonds is 2. The Balaban J connectivity index is 0.00000241. The number of allylic oxidation sites excluding steroid dienone is 8. The standard InChI is InChI=1S/C29H56N2P2Si2.2ClH.Zr/c1-21-17-23-28(19-21,34(15)30(25(3,4)5)32(23,11)12)27(9,10)29-20-22(2)18-24(29)33(13,14)31(35(29)16)26(6,7)8;;;/h17-20,32-35H,1-16H3;2*1H;/q;;;+2/p-2. The van der Waals surface area contributed by atoms with Crippen LogP contribution in [0.4, 0.5) is 0 Å². The van der Waals surface area contributed by atoms with E-state index in [1.54, 1.807) is 0 Å². The molecule has 2 saturated heterocycles. The summed E-state index contributed by atoms with van der Waals surface area (Å²) in [6.45, 7) is 41.2. The van der Waals surface area contributed by atoms with E-state index in [1.807, 2.05) is 10.6 Å². The zero-order valence-corrected chi connectivity index (χ0v) is 35.4. The van der Waals surface area contributed by atoms with E-state index < -0.39 is 32.7 Å². The molecule has 0 saturated carbocycles. The molecule has 2 heterocycles. The first-order valence-electron chi connectivity index (χ1n) is 14.0. The molecule has 4 aliphatic rings. The summed E-state index contributed by atoms with van der Waals surface area (Å²) >= 11 is 0. The molecule has 0 N–H and O–H groups in total. The fourth-order valence-corrected chi connectivity index (χ4v) is 39.6. The molecule has 4 unspecified atom stereocenters. The molecule has 2 fully saturated rings. The molecule has 4 rings (SSSR count). The van der Waals surface area contributed by atoms with Crippen LogP contribution in [0.25, 0.3) is 0 Å². The molecule has 9 heteroatoms. The van der Waals surface area contributed by atoms with Crippen LogP contribution in [0.3, 0.4) is 0 Å². The molecule has 2 aliphatic heterocycles. The number of hydrogen-bond donors (Lipinski definition) is 0. The van der Waals surface area contributed by atoms with Crippen LogP contribution in [0.5, 0.6) is 0 Å². The predicted molar refractivity (Wildman–Crippen MR) is 172 cm³/mol. The minimum atomic E-state index is -1.77. The van der Waals surface area contributed by atoms with E-state index in [0.717, 1.165) is 0 Å². The summed E-state index contributed by atoms with van der Waals surface area (Å²) < 4.78 is 6.24. The topological polar surface area (TPSA) is 6.48 Å². The van der Waals surface area contributed by atoms with Gasteiger partial charge in [-0.15, -0.1) is 0 Å². The van der Waals surface area contributed by atoms with Gasteiger partial charge in [0, 0.05) is 0 Å². The van der Waals surface area contributed by atoms with Crippen molar-refractivity contribution < 1.29 is 51.0 Å². The smallest absolute Gasteiger partial charge is 1.00 e. The molecule has 4 atom stereocenters. The van der Waals surface area contributed by atoms with Gasteiger partial charge in [0.15, 0.2) is 0 Å². The third kappa shape index (κ3) is 4.53. The number of nitrogens with zero attached hydrogens (tertiary/aromatic N) is 2. The van der Waals surface area contributed by atoms with E-state index >= 15 is 0 Å². The van der Waals surface area contributed by atoms with Gasteiger partial charge in [-0.1, -0.05) is 0 Å². The normalized spacial score (nSPS) is 35.9. The average Bonchev–Trinajstić information content (AvgIpc) is 3.26. The number of hydrogen-bond acceptors (Lipinski definition) is 2. The molecule has 0 aromatic carbocycles. The molecule has 2 nitrogen and oxygen atoms in total. The van der Waals surface area contributed by atoms with E-state index in [-0.39, 0.29) is 77.6 Å². The molecular formula is C29H56Cl2N2P2Si2Zr. The molecule has 2 aliphatic carbocycles. The Morgan fingerprint density at radius 3 is 1.13 bits per heavy atom. The summed E-state index contributed by atoms with van der Waals surface area (Å²) in [7, 11) is -6.30. The molecule has 38 heavy (non-hydrogen) atoms. The van der Waals surface area contributed by atoms with Crippen molar-refractivity contribution >= 4 is 32.7 Å². The summed E-state index contributed by atoms with van der Waals surface area (Å²) in [6.07, 6.45) is 11.0. The van der Waals surface area contributed by atoms with Crippen LogP contribution in [0, 0.1) is 5.41 Å². The number of fused-ring (bicyclic) bond motifs is 2. The minimum Gasteiger partial charge on any atom is -1.00 e. The van der Waals surface area contributed by atoms with Crippen molar-refractivity contribution in [2.24, 2.45) is 5.41 Å². The average molecular weight is 713 g/mol. The second-order valence-electron chi connectivity index (χ2n) is 15.8.